The van der Waals surface area contributed by atoms with Gasteiger partial charge in [0.15, 0.2) is 0 Å². The van der Waals surface area contributed by atoms with Crippen molar-refractivity contribution in [2.24, 2.45) is 5.73 Å². The first-order valence-corrected chi connectivity index (χ1v) is 7.82. The zero-order valence-electron chi connectivity index (χ0n) is 11.8. The van der Waals surface area contributed by atoms with Crippen molar-refractivity contribution in [1.82, 2.24) is 14.8 Å². The number of fused-ring (bicyclic) bond motifs is 1. The van der Waals surface area contributed by atoms with Gasteiger partial charge < -0.3 is 5.73 Å². The minimum Gasteiger partial charge on any atom is -0.319 e. The third kappa shape index (κ3) is 2.59. The maximum absolute atomic E-state index is 6.54. The van der Waals surface area contributed by atoms with Crippen molar-refractivity contribution < 1.29 is 0 Å². The monoisotopic (exact) mass is 344 g/mol. The van der Waals surface area contributed by atoms with Gasteiger partial charge in [0.25, 0.3) is 0 Å². The van der Waals surface area contributed by atoms with Crippen LogP contribution in [0.15, 0.2) is 47.2 Å². The number of hydrogen-bond donors (Lipinski definition) is 1. The first kappa shape index (κ1) is 14.2. The van der Waals surface area contributed by atoms with Crippen molar-refractivity contribution in [3.05, 3.63) is 58.5 Å². The molecule has 3 rings (SSSR count). The van der Waals surface area contributed by atoms with Crippen molar-refractivity contribution in [3.8, 4) is 0 Å². The van der Waals surface area contributed by atoms with E-state index in [9.17, 15) is 0 Å². The minimum atomic E-state index is -0.235. The molecule has 0 radical (unpaired) electrons. The number of nitrogens with zero attached hydrogens (tertiary/aromatic N) is 3. The van der Waals surface area contributed by atoms with E-state index in [-0.39, 0.29) is 6.04 Å². The fourth-order valence-corrected chi connectivity index (χ4v) is 3.16. The highest BCUT2D eigenvalue weighted by Crippen LogP contribution is 2.30. The summed E-state index contributed by atoms with van der Waals surface area (Å²) >= 11 is 3.57. The molecule has 2 N–H and O–H groups in total. The summed E-state index contributed by atoms with van der Waals surface area (Å²) in [7, 11) is 0. The van der Waals surface area contributed by atoms with Crippen LogP contribution < -0.4 is 5.73 Å². The molecule has 0 spiro atoms. The summed E-state index contributed by atoms with van der Waals surface area (Å²) in [6.45, 7) is 2.99. The average Bonchev–Trinajstić information content (AvgIpc) is 2.87. The standard InChI is InChI=1S/C16H17BrN4/c1-2-9-21-16(13(17)10-20-21)15(18)12-5-3-7-14-11(12)6-4-8-19-14/h3-8,10,15H,2,9,18H2,1H3. The Morgan fingerprint density at radius 2 is 2.14 bits per heavy atom. The molecule has 0 aliphatic heterocycles. The van der Waals surface area contributed by atoms with Crippen molar-refractivity contribution in [2.75, 3.05) is 0 Å². The summed E-state index contributed by atoms with van der Waals surface area (Å²) in [6, 6.07) is 9.83. The van der Waals surface area contributed by atoms with Gasteiger partial charge in [0.1, 0.15) is 0 Å². The number of rotatable bonds is 4. The molecule has 3 aromatic rings. The maximum atomic E-state index is 6.54. The second kappa shape index (κ2) is 5.95. The zero-order valence-corrected chi connectivity index (χ0v) is 13.4. The zero-order chi connectivity index (χ0) is 14.8. The lowest BCUT2D eigenvalue weighted by Crippen LogP contribution is -2.18. The van der Waals surface area contributed by atoms with E-state index in [1.165, 1.54) is 0 Å². The number of halogens is 1. The van der Waals surface area contributed by atoms with E-state index in [0.717, 1.165) is 39.6 Å². The smallest absolute Gasteiger partial charge is 0.0741 e. The van der Waals surface area contributed by atoms with Gasteiger partial charge >= 0.3 is 0 Å². The first-order valence-electron chi connectivity index (χ1n) is 7.02. The number of hydrogen-bond acceptors (Lipinski definition) is 3. The third-order valence-corrected chi connectivity index (χ3v) is 4.19. The molecule has 1 unspecified atom stereocenters. The van der Waals surface area contributed by atoms with Gasteiger partial charge in [-0.2, -0.15) is 5.10 Å². The van der Waals surface area contributed by atoms with E-state index in [4.69, 9.17) is 5.73 Å². The van der Waals surface area contributed by atoms with Gasteiger partial charge in [-0.05, 0) is 40.0 Å². The molecular formula is C16H17BrN4. The van der Waals surface area contributed by atoms with Crippen LogP contribution >= 0.6 is 15.9 Å². The van der Waals surface area contributed by atoms with Crippen molar-refractivity contribution in [2.45, 2.75) is 25.9 Å². The van der Waals surface area contributed by atoms with E-state index in [1.54, 1.807) is 6.20 Å². The number of nitrogens with two attached hydrogens (primary N) is 1. The van der Waals surface area contributed by atoms with Crippen LogP contribution in [0.25, 0.3) is 10.9 Å². The van der Waals surface area contributed by atoms with Crippen LogP contribution in [0.3, 0.4) is 0 Å². The predicted molar refractivity (Wildman–Crippen MR) is 88.0 cm³/mol. The molecule has 1 aromatic carbocycles. The summed E-state index contributed by atoms with van der Waals surface area (Å²) in [5, 5.41) is 5.49. The van der Waals surface area contributed by atoms with Crippen LogP contribution in [0.4, 0.5) is 0 Å². The van der Waals surface area contributed by atoms with Crippen LogP contribution in [0.2, 0.25) is 0 Å². The highest BCUT2D eigenvalue weighted by Gasteiger charge is 2.19. The van der Waals surface area contributed by atoms with E-state index < -0.39 is 0 Å². The Labute approximate surface area is 132 Å². The molecule has 0 fully saturated rings. The summed E-state index contributed by atoms with van der Waals surface area (Å²) < 4.78 is 2.92. The Hall–Kier alpha value is -1.72. The van der Waals surface area contributed by atoms with Crippen LogP contribution in [-0.2, 0) is 6.54 Å². The minimum absolute atomic E-state index is 0.235. The molecule has 1 atom stereocenters. The van der Waals surface area contributed by atoms with E-state index in [2.05, 4.69) is 45.1 Å². The summed E-state index contributed by atoms with van der Waals surface area (Å²) in [5.74, 6) is 0. The normalized spacial score (nSPS) is 12.7. The Bertz CT molecular complexity index is 761. The fraction of sp³-hybridized carbons (Fsp3) is 0.250. The molecule has 0 aliphatic carbocycles. The lowest BCUT2D eigenvalue weighted by molar-refractivity contribution is 0.559. The number of pyridine rings is 1. The van der Waals surface area contributed by atoms with Gasteiger partial charge in [0, 0.05) is 18.1 Å². The Balaban J connectivity index is 2.13. The van der Waals surface area contributed by atoms with Crippen LogP contribution in [0.1, 0.15) is 30.6 Å². The van der Waals surface area contributed by atoms with Crippen molar-refractivity contribution in [3.63, 3.8) is 0 Å². The van der Waals surface area contributed by atoms with E-state index in [0.29, 0.717) is 0 Å². The highest BCUT2D eigenvalue weighted by molar-refractivity contribution is 9.10. The maximum Gasteiger partial charge on any atom is 0.0741 e. The lowest BCUT2D eigenvalue weighted by atomic mass is 9.99. The Kier molecular flexibility index (Phi) is 4.03. The SMILES string of the molecule is CCCn1ncc(Br)c1C(N)c1cccc2ncccc12. The Morgan fingerprint density at radius 1 is 1.29 bits per heavy atom. The Morgan fingerprint density at radius 3 is 2.95 bits per heavy atom. The van der Waals surface area contributed by atoms with Gasteiger partial charge in [0.2, 0.25) is 0 Å². The summed E-state index contributed by atoms with van der Waals surface area (Å²) in [4.78, 5) is 4.40. The van der Waals surface area contributed by atoms with Gasteiger partial charge in [-0.15, -0.1) is 0 Å². The second-order valence-electron chi connectivity index (χ2n) is 5.00. The molecule has 108 valence electrons. The largest absolute Gasteiger partial charge is 0.319 e. The topological polar surface area (TPSA) is 56.7 Å². The van der Waals surface area contributed by atoms with Crippen LogP contribution in [0.5, 0.6) is 0 Å². The van der Waals surface area contributed by atoms with Gasteiger partial charge in [-0.3, -0.25) is 9.67 Å². The number of aryl methyl sites for hydroxylation is 1. The summed E-state index contributed by atoms with van der Waals surface area (Å²) in [6.07, 6.45) is 4.63. The second-order valence-corrected chi connectivity index (χ2v) is 5.85. The third-order valence-electron chi connectivity index (χ3n) is 3.58. The van der Waals surface area contributed by atoms with E-state index in [1.807, 2.05) is 29.1 Å². The van der Waals surface area contributed by atoms with Crippen molar-refractivity contribution >= 4 is 26.8 Å². The highest BCUT2D eigenvalue weighted by atomic mass is 79.9. The number of aromatic nitrogens is 3. The molecule has 0 saturated carbocycles. The van der Waals surface area contributed by atoms with Crippen LogP contribution in [0, 0.1) is 0 Å². The fourth-order valence-electron chi connectivity index (χ4n) is 2.62. The molecule has 5 heteroatoms. The van der Waals surface area contributed by atoms with Gasteiger partial charge in [-0.25, -0.2) is 0 Å². The molecule has 2 heterocycles. The molecule has 0 bridgehead atoms. The predicted octanol–water partition coefficient (Wildman–Crippen LogP) is 3.65. The molecular weight excluding hydrogens is 328 g/mol. The van der Waals surface area contributed by atoms with Gasteiger partial charge in [0.05, 0.1) is 27.9 Å². The molecule has 0 aliphatic rings. The molecule has 0 amide bonds. The summed E-state index contributed by atoms with van der Waals surface area (Å²) in [5.41, 5.74) is 9.58. The van der Waals surface area contributed by atoms with E-state index >= 15 is 0 Å². The van der Waals surface area contributed by atoms with Crippen LogP contribution in [-0.4, -0.2) is 14.8 Å². The van der Waals surface area contributed by atoms with Gasteiger partial charge in [-0.1, -0.05) is 25.1 Å². The molecule has 2 aromatic heterocycles. The first-order chi connectivity index (χ1) is 10.2. The van der Waals surface area contributed by atoms with Crippen molar-refractivity contribution in [1.29, 1.82) is 0 Å². The lowest BCUT2D eigenvalue weighted by Gasteiger charge is -2.17. The quantitative estimate of drug-likeness (QED) is 0.785. The molecule has 4 nitrogen and oxygen atoms in total. The molecule has 0 saturated heterocycles. The average molecular weight is 345 g/mol. The molecule has 21 heavy (non-hydrogen) atoms. The number of benzene rings is 1.